The predicted molar refractivity (Wildman–Crippen MR) is 374 cm³/mol. The second kappa shape index (κ2) is 22.3. The Hall–Kier alpha value is -9.64. The summed E-state index contributed by atoms with van der Waals surface area (Å²) in [5, 5.41) is 0. The molecule has 2 aliphatic rings. The van der Waals surface area contributed by atoms with Crippen molar-refractivity contribution in [2.75, 3.05) is 0 Å². The highest BCUT2D eigenvalue weighted by atomic mass is 14.8. The second-order valence-corrected chi connectivity index (χ2v) is 25.7. The van der Waals surface area contributed by atoms with Crippen LogP contribution in [-0.4, -0.2) is 19.9 Å². The Morgan fingerprint density at radius 2 is 0.364 bits per heavy atom. The maximum atomic E-state index is 6.35. The Morgan fingerprint density at radius 3 is 0.534 bits per heavy atom. The zero-order valence-corrected chi connectivity index (χ0v) is 54.1. The minimum atomic E-state index is 0.912. The molecule has 0 unspecified atom stereocenters. The summed E-state index contributed by atoms with van der Waals surface area (Å²) in [7, 11) is 0. The molecule has 8 aromatic carbocycles. The third-order valence-corrected chi connectivity index (χ3v) is 18.4. The molecule has 0 atom stereocenters. The van der Waals surface area contributed by atoms with Crippen molar-refractivity contribution in [3.05, 3.63) is 304 Å². The first-order valence-electron chi connectivity index (χ1n) is 31.1. The van der Waals surface area contributed by atoms with E-state index in [2.05, 4.69) is 291 Å². The van der Waals surface area contributed by atoms with Crippen LogP contribution in [0.1, 0.15) is 134 Å². The summed E-state index contributed by atoms with van der Waals surface area (Å²) in [6.45, 7) is 35.7. The van der Waals surface area contributed by atoms with Crippen LogP contribution in [0.3, 0.4) is 0 Å². The van der Waals surface area contributed by atoms with Gasteiger partial charge in [0.1, 0.15) is 0 Å². The average molecular weight is 1140 g/mol. The molecule has 0 aliphatic carbocycles. The van der Waals surface area contributed by atoms with Gasteiger partial charge in [0.05, 0.1) is 22.8 Å². The summed E-state index contributed by atoms with van der Waals surface area (Å²) in [5.41, 5.74) is 44.2. The highest BCUT2D eigenvalue weighted by Gasteiger charge is 2.34. The fraction of sp³-hybridized carbons (Fsp3) is 0.190. The quantitative estimate of drug-likeness (QED) is 0.159. The van der Waals surface area contributed by atoms with Crippen molar-refractivity contribution in [1.82, 2.24) is 19.9 Å². The number of rotatable bonds is 8. The van der Waals surface area contributed by atoms with Crippen LogP contribution in [0, 0.1) is 111 Å². The van der Waals surface area contributed by atoms with Gasteiger partial charge in [0.2, 0.25) is 0 Å². The van der Waals surface area contributed by atoms with Crippen LogP contribution in [-0.2, 0) is 0 Å². The third-order valence-electron chi connectivity index (χ3n) is 18.4. The lowest BCUT2D eigenvalue weighted by atomic mass is 9.85. The fourth-order valence-electron chi connectivity index (χ4n) is 14.8. The molecule has 0 spiro atoms. The zero-order valence-electron chi connectivity index (χ0n) is 54.1. The molecule has 11 aromatic rings. The van der Waals surface area contributed by atoms with Crippen molar-refractivity contribution in [2.45, 2.75) is 111 Å². The summed E-state index contributed by atoms with van der Waals surface area (Å²) >= 11 is 0. The van der Waals surface area contributed by atoms with Gasteiger partial charge >= 0.3 is 0 Å². The van der Waals surface area contributed by atoms with Gasteiger partial charge < -0.3 is 9.97 Å². The third kappa shape index (κ3) is 9.99. The lowest BCUT2D eigenvalue weighted by molar-refractivity contribution is 1.25. The number of aryl methyl sites for hydroxylation is 16. The highest BCUT2D eigenvalue weighted by molar-refractivity contribution is 6.16. The topological polar surface area (TPSA) is 57.4 Å². The Morgan fingerprint density at radius 1 is 0.193 bits per heavy atom. The molecule has 5 heterocycles. The van der Waals surface area contributed by atoms with Crippen LogP contribution >= 0.6 is 0 Å². The first-order chi connectivity index (χ1) is 42.2. The van der Waals surface area contributed by atoms with Crippen LogP contribution in [0.4, 0.5) is 0 Å². The van der Waals surface area contributed by atoms with Crippen molar-refractivity contribution in [3.8, 4) is 44.5 Å². The highest BCUT2D eigenvalue weighted by Crippen LogP contribution is 2.52. The van der Waals surface area contributed by atoms with E-state index in [4.69, 9.17) is 9.97 Å². The molecule has 434 valence electrons. The molecule has 4 heteroatoms. The number of H-pyrrole nitrogens is 2. The summed E-state index contributed by atoms with van der Waals surface area (Å²) in [5.74, 6) is 0. The van der Waals surface area contributed by atoms with Crippen LogP contribution < -0.4 is 0 Å². The second-order valence-electron chi connectivity index (χ2n) is 25.7. The predicted octanol–water partition coefficient (Wildman–Crippen LogP) is 21.9. The Kier molecular flexibility index (Phi) is 14.5. The minimum absolute atomic E-state index is 0.912. The maximum Gasteiger partial charge on any atom is 0.0822 e. The van der Waals surface area contributed by atoms with Gasteiger partial charge in [-0.05, 0) is 224 Å². The van der Waals surface area contributed by atoms with E-state index in [-0.39, 0.29) is 0 Å². The lowest BCUT2D eigenvalue weighted by Gasteiger charge is -2.18. The van der Waals surface area contributed by atoms with Crippen molar-refractivity contribution < 1.29 is 0 Å². The van der Waals surface area contributed by atoms with Crippen molar-refractivity contribution >= 4 is 44.4 Å². The number of hydrogen-bond donors (Lipinski definition) is 2. The smallest absolute Gasteiger partial charge is 0.0822 e. The maximum absolute atomic E-state index is 6.35. The summed E-state index contributed by atoms with van der Waals surface area (Å²) in [4.78, 5) is 21.3. The van der Waals surface area contributed by atoms with Crippen LogP contribution in [0.5, 0.6) is 0 Å². The molecule has 0 saturated heterocycles. The normalized spacial score (nSPS) is 12.5. The van der Waals surface area contributed by atoms with Gasteiger partial charge in [-0.15, -0.1) is 0 Å². The number of fused-ring (bicyclic) bond motifs is 8. The SMILES string of the molecule is Cc1ccc(C2=C(c3ccc(C)cc3)c3nc2c(-c2c(C)cc(C)cc2C)c2ccc([nH]2)c(-c2c(C)cc(C)cc2C)c2nc(c(-c4c(C)cc(C)cc4C)c4ccc([nH]4)c3-c3c(C)cc(C)cc3C)C(c3ccc(C)cc3)=C2c2ccc(C)cc2)cc1. The molecule has 88 heavy (non-hydrogen) atoms. The van der Waals surface area contributed by atoms with E-state index in [1.807, 2.05) is 0 Å². The Balaban J connectivity index is 1.40. The fourth-order valence-corrected chi connectivity index (χ4v) is 14.8. The molecule has 0 saturated carbocycles. The minimum Gasteiger partial charge on any atom is -0.354 e. The van der Waals surface area contributed by atoms with E-state index in [0.717, 1.165) is 134 Å². The van der Waals surface area contributed by atoms with Crippen LogP contribution in [0.2, 0.25) is 0 Å². The van der Waals surface area contributed by atoms with Gasteiger partial charge in [-0.3, -0.25) is 0 Å². The van der Waals surface area contributed by atoms with Crippen molar-refractivity contribution in [3.63, 3.8) is 0 Å². The first-order valence-corrected chi connectivity index (χ1v) is 31.1. The standard InChI is InChI=1S/C84H78N4/c1-45-17-25-61(26-18-45)73-74(62-27-19-46(2)20-28-62)82-78(70-55(11)39-50(6)40-56(70)12)66-35-36-68(86-66)80(72-59(15)43-52(8)44-60(72)16)84-76(64-31-23-48(4)24-32-64)75(63-29-21-47(3)22-30-63)83(88-84)79(71-57(13)41-51(7)42-58(71)14)67-34-33-65(85-67)77(81(73)87-82)69-53(9)37-49(5)38-54(69)10/h17-44,85-86H,1-16H3. The van der Waals surface area contributed by atoms with E-state index < -0.39 is 0 Å². The Bertz CT molecular complexity index is 4240. The van der Waals surface area contributed by atoms with E-state index in [0.29, 0.717) is 0 Å². The number of nitrogens with one attached hydrogen (secondary N) is 2. The molecule has 0 fully saturated rings. The monoisotopic (exact) mass is 1140 g/mol. The lowest BCUT2D eigenvalue weighted by Crippen LogP contribution is -1.98. The van der Waals surface area contributed by atoms with Gasteiger partial charge in [-0.25, -0.2) is 9.97 Å². The average Bonchev–Trinajstić information content (AvgIpc) is 1.88. The van der Waals surface area contributed by atoms with Gasteiger partial charge in [0.15, 0.2) is 0 Å². The number of aromatic nitrogens is 4. The van der Waals surface area contributed by atoms with Gasteiger partial charge in [0.25, 0.3) is 0 Å². The molecular weight excluding hydrogens is 1060 g/mol. The molecule has 3 aromatic heterocycles. The number of aromatic amines is 2. The molecule has 8 bridgehead atoms. The summed E-state index contributed by atoms with van der Waals surface area (Å²) in [6, 6.07) is 64.4. The van der Waals surface area contributed by atoms with E-state index in [1.54, 1.807) is 0 Å². The number of nitrogens with zero attached hydrogens (tertiary/aromatic N) is 2. The number of hydrogen-bond acceptors (Lipinski definition) is 2. The largest absolute Gasteiger partial charge is 0.354 e. The molecule has 0 radical (unpaired) electrons. The van der Waals surface area contributed by atoms with Gasteiger partial charge in [0, 0.05) is 66.6 Å². The summed E-state index contributed by atoms with van der Waals surface area (Å²) in [6.07, 6.45) is 0. The summed E-state index contributed by atoms with van der Waals surface area (Å²) < 4.78 is 0. The Labute approximate surface area is 520 Å². The van der Waals surface area contributed by atoms with Crippen LogP contribution in [0.15, 0.2) is 170 Å². The molecular formula is C84H78N4. The van der Waals surface area contributed by atoms with E-state index in [9.17, 15) is 0 Å². The molecule has 2 aliphatic heterocycles. The molecule has 0 amide bonds. The molecule has 4 nitrogen and oxygen atoms in total. The zero-order chi connectivity index (χ0) is 61.7. The van der Waals surface area contributed by atoms with Gasteiger partial charge in [-0.2, -0.15) is 0 Å². The van der Waals surface area contributed by atoms with Crippen molar-refractivity contribution in [2.24, 2.45) is 0 Å². The van der Waals surface area contributed by atoms with E-state index >= 15 is 0 Å². The van der Waals surface area contributed by atoms with Crippen LogP contribution in [0.25, 0.3) is 88.9 Å². The first kappa shape index (κ1) is 57.4. The van der Waals surface area contributed by atoms with Crippen molar-refractivity contribution in [1.29, 1.82) is 0 Å². The number of benzene rings is 8. The van der Waals surface area contributed by atoms with E-state index in [1.165, 1.54) is 89.0 Å². The molecule has 2 N–H and O–H groups in total. The van der Waals surface area contributed by atoms with Gasteiger partial charge in [-0.1, -0.05) is 190 Å². The molecule has 13 rings (SSSR count).